The van der Waals surface area contributed by atoms with Crippen LogP contribution in [-0.4, -0.2) is 52.5 Å². The van der Waals surface area contributed by atoms with Crippen molar-refractivity contribution in [1.29, 1.82) is 0 Å². The summed E-state index contributed by atoms with van der Waals surface area (Å²) in [5, 5.41) is 9.65. The maximum Gasteiger partial charge on any atom is 0.347 e. The first kappa shape index (κ1) is 21.0. The van der Waals surface area contributed by atoms with Crippen LogP contribution in [0.3, 0.4) is 0 Å². The molecule has 0 spiro atoms. The number of hydrogen-bond acceptors (Lipinski definition) is 5. The van der Waals surface area contributed by atoms with E-state index in [1.54, 1.807) is 6.08 Å². The molecule has 2 amide bonds. The third kappa shape index (κ3) is 2.23. The highest BCUT2D eigenvalue weighted by atomic mass is 35.5. The molecule has 3 heterocycles. The molecule has 9 nitrogen and oxygen atoms in total. The SMILES string of the molecule is CN1C(=O)[C@]2(Cl)C[C@@H]3C(=CCn4c(=O)n(C)c(=O)n43)[C@H](c3ccc(O)c(F)c3)[C@]2(Cl)C1=O. The van der Waals surface area contributed by atoms with Crippen molar-refractivity contribution in [3.8, 4) is 5.75 Å². The van der Waals surface area contributed by atoms with Crippen molar-refractivity contribution in [2.75, 3.05) is 7.05 Å². The minimum Gasteiger partial charge on any atom is -0.505 e. The van der Waals surface area contributed by atoms with E-state index in [-0.39, 0.29) is 18.5 Å². The summed E-state index contributed by atoms with van der Waals surface area (Å²) < 4.78 is 17.7. The van der Waals surface area contributed by atoms with Crippen LogP contribution in [0.2, 0.25) is 0 Å². The number of aromatic nitrogens is 3. The van der Waals surface area contributed by atoms with Gasteiger partial charge in [-0.1, -0.05) is 12.1 Å². The number of phenolic OH excluding ortho intramolecular Hbond substituents is 1. The van der Waals surface area contributed by atoms with Crippen LogP contribution >= 0.6 is 23.2 Å². The van der Waals surface area contributed by atoms with E-state index in [9.17, 15) is 28.7 Å². The molecule has 2 aliphatic heterocycles. The van der Waals surface area contributed by atoms with Gasteiger partial charge in [0.15, 0.2) is 21.3 Å². The van der Waals surface area contributed by atoms with Crippen molar-refractivity contribution < 1.29 is 19.1 Å². The van der Waals surface area contributed by atoms with Crippen LogP contribution in [0, 0.1) is 5.82 Å². The number of imide groups is 1. The molecule has 2 aromatic rings. The first-order valence-corrected chi connectivity index (χ1v) is 10.5. The summed E-state index contributed by atoms with van der Waals surface area (Å²) in [6.45, 7) is 0.0119. The molecule has 1 aliphatic carbocycles. The van der Waals surface area contributed by atoms with Gasteiger partial charge in [-0.05, 0) is 23.3 Å². The Hall–Kier alpha value is -2.85. The highest BCUT2D eigenvalue weighted by molar-refractivity contribution is 6.53. The van der Waals surface area contributed by atoms with Gasteiger partial charge in [0.25, 0.3) is 11.8 Å². The number of likely N-dealkylation sites (tertiary alicyclic amines) is 1. The van der Waals surface area contributed by atoms with Gasteiger partial charge < -0.3 is 5.11 Å². The quantitative estimate of drug-likeness (QED) is 0.367. The topological polar surface area (TPSA) is 107 Å². The maximum atomic E-state index is 14.3. The number of aromatic hydroxyl groups is 1. The number of carbonyl (C=O) groups excluding carboxylic acids is 2. The van der Waals surface area contributed by atoms with Gasteiger partial charge in [-0.15, -0.1) is 23.2 Å². The number of rotatable bonds is 1. The number of fused-ring (bicyclic) bond motifs is 4. The zero-order valence-corrected chi connectivity index (χ0v) is 18.4. The molecule has 0 unspecified atom stereocenters. The van der Waals surface area contributed by atoms with E-state index in [0.717, 1.165) is 21.6 Å². The van der Waals surface area contributed by atoms with Crippen molar-refractivity contribution in [3.63, 3.8) is 0 Å². The van der Waals surface area contributed by atoms with Gasteiger partial charge in [-0.3, -0.25) is 14.5 Å². The van der Waals surface area contributed by atoms with E-state index in [1.165, 1.54) is 29.5 Å². The molecule has 2 fully saturated rings. The van der Waals surface area contributed by atoms with Crippen LogP contribution in [0.25, 0.3) is 0 Å². The lowest BCUT2D eigenvalue weighted by atomic mass is 9.64. The Morgan fingerprint density at radius 1 is 1.09 bits per heavy atom. The number of allylic oxidation sites excluding steroid dienone is 2. The molecule has 1 aromatic heterocycles. The first-order chi connectivity index (χ1) is 14.9. The summed E-state index contributed by atoms with van der Waals surface area (Å²) in [4.78, 5) is 48.6. The van der Waals surface area contributed by atoms with Crippen molar-refractivity contribution >= 4 is 35.0 Å². The van der Waals surface area contributed by atoms with Gasteiger partial charge in [0.1, 0.15) is 0 Å². The second-order valence-electron chi connectivity index (χ2n) is 8.30. The molecule has 1 aromatic carbocycles. The predicted molar refractivity (Wildman–Crippen MR) is 111 cm³/mol. The molecule has 3 aliphatic rings. The monoisotopic (exact) mass is 482 g/mol. The Kier molecular flexibility index (Phi) is 4.17. The molecule has 1 N–H and O–H groups in total. The zero-order chi connectivity index (χ0) is 23.3. The zero-order valence-electron chi connectivity index (χ0n) is 16.9. The number of halogens is 3. The summed E-state index contributed by atoms with van der Waals surface area (Å²) in [6.07, 6.45) is 1.43. The molecule has 12 heteroatoms. The van der Waals surface area contributed by atoms with Crippen LogP contribution in [0.4, 0.5) is 4.39 Å². The van der Waals surface area contributed by atoms with Crippen molar-refractivity contribution in [3.05, 3.63) is 62.2 Å². The number of amides is 2. The van der Waals surface area contributed by atoms with Gasteiger partial charge in [-0.25, -0.2) is 27.9 Å². The lowest BCUT2D eigenvalue weighted by molar-refractivity contribution is -0.137. The third-order valence-electron chi connectivity index (χ3n) is 6.78. The summed E-state index contributed by atoms with van der Waals surface area (Å²) >= 11 is 13.8. The molecule has 5 rings (SSSR count). The average molecular weight is 483 g/mol. The fraction of sp³-hybridized carbons (Fsp3) is 0.400. The Balaban J connectivity index is 1.83. The van der Waals surface area contributed by atoms with Gasteiger partial charge in [0, 0.05) is 26.4 Å². The third-order valence-corrected chi connectivity index (χ3v) is 8.19. The van der Waals surface area contributed by atoms with Gasteiger partial charge in [0.2, 0.25) is 0 Å². The summed E-state index contributed by atoms with van der Waals surface area (Å²) in [5.41, 5.74) is -0.499. The number of benzene rings is 1. The Bertz CT molecular complexity index is 1380. The molecule has 168 valence electrons. The maximum absolute atomic E-state index is 14.3. The highest BCUT2D eigenvalue weighted by Crippen LogP contribution is 2.63. The van der Waals surface area contributed by atoms with Crippen molar-refractivity contribution in [2.24, 2.45) is 7.05 Å². The smallest absolute Gasteiger partial charge is 0.347 e. The minimum absolute atomic E-state index is 0.0119. The number of carbonyl (C=O) groups is 2. The van der Waals surface area contributed by atoms with E-state index >= 15 is 0 Å². The first-order valence-electron chi connectivity index (χ1n) is 9.72. The van der Waals surface area contributed by atoms with Crippen LogP contribution in [0.15, 0.2) is 39.4 Å². The predicted octanol–water partition coefficient (Wildman–Crippen LogP) is 0.816. The standard InChI is InChI=1S/C20H17Cl2FN4O5/c1-24-15(29)19(21)8-12-10(5-6-26-17(31)25(2)18(32)27(12)26)14(20(19,22)16(24)30)9-3-4-13(28)11(23)7-9/h3-5,7,12,14,28H,6,8H2,1-2H3/t12-,14+,19-,20+/m1/s1. The summed E-state index contributed by atoms with van der Waals surface area (Å²) in [7, 11) is 2.59. The minimum atomic E-state index is -2.01. The van der Waals surface area contributed by atoms with Crippen LogP contribution < -0.4 is 11.4 Å². The number of phenols is 1. The number of nitrogens with zero attached hydrogens (tertiary/aromatic N) is 4. The molecule has 0 radical (unpaired) electrons. The fourth-order valence-corrected chi connectivity index (χ4v) is 6.19. The number of alkyl halides is 2. The van der Waals surface area contributed by atoms with E-state index in [2.05, 4.69) is 0 Å². The van der Waals surface area contributed by atoms with Crippen LogP contribution in [0.5, 0.6) is 5.75 Å². The second kappa shape index (κ2) is 6.35. The Labute approximate surface area is 189 Å². The normalized spacial score (nSPS) is 31.3. The lowest BCUT2D eigenvalue weighted by Crippen LogP contribution is -2.59. The fourth-order valence-electron chi connectivity index (χ4n) is 5.19. The van der Waals surface area contributed by atoms with Crippen molar-refractivity contribution in [1.82, 2.24) is 18.8 Å². The van der Waals surface area contributed by atoms with Gasteiger partial charge >= 0.3 is 11.4 Å². The molecule has 4 atom stereocenters. The lowest BCUT2D eigenvalue weighted by Gasteiger charge is -2.49. The molecular weight excluding hydrogens is 466 g/mol. The summed E-state index contributed by atoms with van der Waals surface area (Å²) in [5.74, 6) is -4.14. The molecular formula is C20H17Cl2FN4O5. The van der Waals surface area contributed by atoms with Gasteiger partial charge in [-0.2, -0.15) is 0 Å². The average Bonchev–Trinajstić information content (AvgIpc) is 3.05. The van der Waals surface area contributed by atoms with E-state index in [0.29, 0.717) is 5.57 Å². The van der Waals surface area contributed by atoms with E-state index < -0.39 is 56.5 Å². The molecule has 1 saturated heterocycles. The van der Waals surface area contributed by atoms with E-state index in [4.69, 9.17) is 23.2 Å². The second-order valence-corrected chi connectivity index (χ2v) is 9.54. The Morgan fingerprint density at radius 3 is 2.44 bits per heavy atom. The van der Waals surface area contributed by atoms with Crippen LogP contribution in [-0.2, 0) is 23.2 Å². The van der Waals surface area contributed by atoms with Crippen LogP contribution in [0.1, 0.15) is 23.9 Å². The highest BCUT2D eigenvalue weighted by Gasteiger charge is 2.74. The molecule has 32 heavy (non-hydrogen) atoms. The van der Waals surface area contributed by atoms with Crippen molar-refractivity contribution in [2.45, 2.75) is 34.7 Å². The Morgan fingerprint density at radius 2 is 1.78 bits per heavy atom. The molecule has 0 bridgehead atoms. The molecule has 1 saturated carbocycles. The van der Waals surface area contributed by atoms with Gasteiger partial charge in [0.05, 0.1) is 12.6 Å². The number of hydrogen-bond donors (Lipinski definition) is 1. The summed E-state index contributed by atoms with van der Waals surface area (Å²) in [6, 6.07) is 2.65. The largest absolute Gasteiger partial charge is 0.505 e. The van der Waals surface area contributed by atoms with E-state index in [1.807, 2.05) is 0 Å².